The fraction of sp³-hybridized carbons (Fsp3) is 0. The van der Waals surface area contributed by atoms with E-state index in [1.54, 1.807) is 0 Å². The van der Waals surface area contributed by atoms with Gasteiger partial charge in [-0.1, -0.05) is 115 Å². The average molecular weight is 593 g/mol. The molecule has 6 heteroatoms. The predicted octanol–water partition coefficient (Wildman–Crippen LogP) is 10.2. The molecule has 3 heterocycles. The predicted molar refractivity (Wildman–Crippen MR) is 182 cm³/mol. The van der Waals surface area contributed by atoms with Crippen molar-refractivity contribution < 1.29 is 8.83 Å². The number of nitrogens with zero attached hydrogens (tertiary/aromatic N) is 4. The summed E-state index contributed by atoms with van der Waals surface area (Å²) >= 11 is 0. The van der Waals surface area contributed by atoms with Gasteiger partial charge in [-0.2, -0.15) is 0 Å². The van der Waals surface area contributed by atoms with E-state index in [1.807, 2.05) is 121 Å². The standard InChI is InChI=1S/C40H24N4O2/c1-4-11-25(12-5-1)26-19-21-29(22-20-26)40-41-32-23-31-34(24-35(32)46-40)45-33-18-10-17-30(36(31)33)39-43-37(27-13-6-2-7-14-27)42-38(44-39)28-15-8-3-9-16-28/h1-24H. The van der Waals surface area contributed by atoms with Gasteiger partial charge in [-0.05, 0) is 35.4 Å². The Labute approximate surface area is 263 Å². The van der Waals surface area contributed by atoms with E-state index in [2.05, 4.69) is 24.3 Å². The molecule has 0 saturated carbocycles. The molecule has 0 aliphatic rings. The van der Waals surface area contributed by atoms with Crippen molar-refractivity contribution in [1.82, 2.24) is 19.9 Å². The van der Waals surface area contributed by atoms with Crippen molar-refractivity contribution in [2.24, 2.45) is 0 Å². The van der Waals surface area contributed by atoms with Gasteiger partial charge < -0.3 is 8.83 Å². The van der Waals surface area contributed by atoms with E-state index < -0.39 is 0 Å². The zero-order valence-corrected chi connectivity index (χ0v) is 24.5. The number of oxazole rings is 1. The third-order valence-corrected chi connectivity index (χ3v) is 8.18. The normalized spacial score (nSPS) is 11.5. The maximum absolute atomic E-state index is 6.37. The highest BCUT2D eigenvalue weighted by molar-refractivity contribution is 6.14. The van der Waals surface area contributed by atoms with Gasteiger partial charge in [0.2, 0.25) is 5.89 Å². The summed E-state index contributed by atoms with van der Waals surface area (Å²) in [6.07, 6.45) is 0. The lowest BCUT2D eigenvalue weighted by Gasteiger charge is -2.09. The summed E-state index contributed by atoms with van der Waals surface area (Å²) in [5.74, 6) is 2.34. The Morgan fingerprint density at radius 2 is 0.935 bits per heavy atom. The van der Waals surface area contributed by atoms with Crippen molar-refractivity contribution in [2.75, 3.05) is 0 Å². The van der Waals surface area contributed by atoms with Gasteiger partial charge in [0.1, 0.15) is 16.7 Å². The van der Waals surface area contributed by atoms with Crippen LogP contribution < -0.4 is 0 Å². The van der Waals surface area contributed by atoms with Gasteiger partial charge in [-0.3, -0.25) is 0 Å². The minimum absolute atomic E-state index is 0.560. The van der Waals surface area contributed by atoms with Gasteiger partial charge in [0.15, 0.2) is 23.1 Å². The summed E-state index contributed by atoms with van der Waals surface area (Å²) in [6, 6.07) is 48.4. The molecule has 0 fully saturated rings. The molecule has 9 rings (SSSR count). The van der Waals surface area contributed by atoms with Crippen LogP contribution in [0.4, 0.5) is 0 Å². The lowest BCUT2D eigenvalue weighted by Crippen LogP contribution is -2.00. The fourth-order valence-corrected chi connectivity index (χ4v) is 5.92. The SMILES string of the molecule is c1ccc(-c2ccc(-c3nc4cc5c(cc4o3)oc3cccc(-c4nc(-c6ccccc6)nc(-c6ccccc6)n4)c35)cc2)cc1. The lowest BCUT2D eigenvalue weighted by molar-refractivity contribution is 0.617. The molecular formula is C40H24N4O2. The van der Waals surface area contributed by atoms with Crippen LogP contribution in [0.1, 0.15) is 0 Å². The van der Waals surface area contributed by atoms with Gasteiger partial charge in [-0.15, -0.1) is 0 Å². The second kappa shape index (κ2) is 10.6. The number of aromatic nitrogens is 4. The van der Waals surface area contributed by atoms with E-state index in [-0.39, 0.29) is 0 Å². The Bertz CT molecular complexity index is 2450. The molecule has 0 N–H and O–H groups in total. The fourth-order valence-electron chi connectivity index (χ4n) is 5.92. The van der Waals surface area contributed by atoms with E-state index in [0.29, 0.717) is 34.5 Å². The first kappa shape index (κ1) is 26.0. The zero-order valence-electron chi connectivity index (χ0n) is 24.5. The second-order valence-corrected chi connectivity index (χ2v) is 11.1. The summed E-state index contributed by atoms with van der Waals surface area (Å²) in [5, 5.41) is 1.83. The molecule has 6 aromatic carbocycles. The summed E-state index contributed by atoms with van der Waals surface area (Å²) in [4.78, 5) is 19.7. The second-order valence-electron chi connectivity index (χ2n) is 11.1. The van der Waals surface area contributed by atoms with Crippen LogP contribution in [0.5, 0.6) is 0 Å². The quantitative estimate of drug-likeness (QED) is 0.198. The van der Waals surface area contributed by atoms with Gasteiger partial charge in [-0.25, -0.2) is 19.9 Å². The van der Waals surface area contributed by atoms with Crippen molar-refractivity contribution in [3.8, 4) is 56.7 Å². The molecule has 0 aliphatic heterocycles. The molecule has 3 aromatic heterocycles. The molecule has 6 nitrogen and oxygen atoms in total. The van der Waals surface area contributed by atoms with Gasteiger partial charge in [0.05, 0.1) is 0 Å². The Morgan fingerprint density at radius 3 is 1.59 bits per heavy atom. The third-order valence-electron chi connectivity index (χ3n) is 8.18. The first-order chi connectivity index (χ1) is 22.8. The molecule has 46 heavy (non-hydrogen) atoms. The van der Waals surface area contributed by atoms with Gasteiger partial charge >= 0.3 is 0 Å². The van der Waals surface area contributed by atoms with Crippen molar-refractivity contribution in [1.29, 1.82) is 0 Å². The number of fused-ring (bicyclic) bond motifs is 4. The van der Waals surface area contributed by atoms with Crippen LogP contribution in [0.3, 0.4) is 0 Å². The summed E-state index contributed by atoms with van der Waals surface area (Å²) in [6.45, 7) is 0. The highest BCUT2D eigenvalue weighted by Crippen LogP contribution is 2.39. The number of furan rings is 1. The number of benzene rings is 6. The molecule has 0 aliphatic carbocycles. The van der Waals surface area contributed by atoms with Crippen LogP contribution in [-0.2, 0) is 0 Å². The van der Waals surface area contributed by atoms with Crippen LogP contribution in [0.15, 0.2) is 154 Å². The smallest absolute Gasteiger partial charge is 0.227 e. The number of hydrogen-bond donors (Lipinski definition) is 0. The molecule has 216 valence electrons. The molecule has 0 bridgehead atoms. The average Bonchev–Trinajstić information content (AvgIpc) is 3.72. The Balaban J connectivity index is 1.18. The van der Waals surface area contributed by atoms with Gasteiger partial charge in [0, 0.05) is 39.1 Å². The first-order valence-electron chi connectivity index (χ1n) is 15.1. The first-order valence-corrected chi connectivity index (χ1v) is 15.1. The molecule has 0 atom stereocenters. The largest absolute Gasteiger partial charge is 0.456 e. The number of hydrogen-bond acceptors (Lipinski definition) is 6. The van der Waals surface area contributed by atoms with E-state index in [4.69, 9.17) is 28.8 Å². The van der Waals surface area contributed by atoms with Gasteiger partial charge in [0.25, 0.3) is 0 Å². The lowest BCUT2D eigenvalue weighted by atomic mass is 10.0. The van der Waals surface area contributed by atoms with Crippen molar-refractivity contribution in [3.63, 3.8) is 0 Å². The minimum atomic E-state index is 0.560. The molecular weight excluding hydrogens is 568 g/mol. The molecule has 0 radical (unpaired) electrons. The molecule has 0 spiro atoms. The van der Waals surface area contributed by atoms with Crippen molar-refractivity contribution >= 4 is 33.0 Å². The molecule has 9 aromatic rings. The molecule has 0 unspecified atom stereocenters. The van der Waals surface area contributed by atoms with Crippen LogP contribution >= 0.6 is 0 Å². The monoisotopic (exact) mass is 592 g/mol. The van der Waals surface area contributed by atoms with Crippen molar-refractivity contribution in [3.05, 3.63) is 146 Å². The summed E-state index contributed by atoms with van der Waals surface area (Å²) < 4.78 is 12.6. The summed E-state index contributed by atoms with van der Waals surface area (Å²) in [5.41, 5.74) is 8.75. The Morgan fingerprint density at radius 1 is 0.370 bits per heavy atom. The van der Waals surface area contributed by atoms with E-state index >= 15 is 0 Å². The Kier molecular flexibility index (Phi) is 6.03. The highest BCUT2D eigenvalue weighted by Gasteiger charge is 2.19. The van der Waals surface area contributed by atoms with Crippen LogP contribution in [-0.4, -0.2) is 19.9 Å². The third kappa shape index (κ3) is 4.52. The Hall–Kier alpha value is -6.40. The molecule has 0 saturated heterocycles. The number of rotatable bonds is 5. The highest BCUT2D eigenvalue weighted by atomic mass is 16.4. The molecule has 0 amide bonds. The van der Waals surface area contributed by atoms with Crippen LogP contribution in [0.2, 0.25) is 0 Å². The summed E-state index contributed by atoms with van der Waals surface area (Å²) in [7, 11) is 0. The van der Waals surface area contributed by atoms with Crippen molar-refractivity contribution in [2.45, 2.75) is 0 Å². The minimum Gasteiger partial charge on any atom is -0.456 e. The van der Waals surface area contributed by atoms with Crippen LogP contribution in [0, 0.1) is 0 Å². The van der Waals surface area contributed by atoms with E-state index in [1.165, 1.54) is 5.56 Å². The maximum atomic E-state index is 6.37. The van der Waals surface area contributed by atoms with E-state index in [9.17, 15) is 0 Å². The van der Waals surface area contributed by atoms with Crippen LogP contribution in [0.25, 0.3) is 89.8 Å². The topological polar surface area (TPSA) is 77.8 Å². The maximum Gasteiger partial charge on any atom is 0.227 e. The zero-order chi connectivity index (χ0) is 30.5. The van der Waals surface area contributed by atoms with E-state index in [0.717, 1.165) is 49.7 Å².